The summed E-state index contributed by atoms with van der Waals surface area (Å²) in [6, 6.07) is 9.60. The van der Waals surface area contributed by atoms with Gasteiger partial charge in [-0.25, -0.2) is 14.2 Å². The number of aromatic nitrogens is 2. The van der Waals surface area contributed by atoms with Gasteiger partial charge in [-0.05, 0) is 12.0 Å². The Morgan fingerprint density at radius 1 is 1.07 bits per heavy atom. The molecule has 0 spiro atoms. The second-order valence-electron chi connectivity index (χ2n) is 6.10. The highest BCUT2D eigenvalue weighted by atomic mass is 16.5. The van der Waals surface area contributed by atoms with Crippen LogP contribution in [0.1, 0.15) is 18.9 Å². The van der Waals surface area contributed by atoms with E-state index < -0.39 is 42.3 Å². The maximum absolute atomic E-state index is 12.5. The van der Waals surface area contributed by atoms with Crippen LogP contribution in [0.15, 0.2) is 52.2 Å². The van der Waals surface area contributed by atoms with Gasteiger partial charge in [0.1, 0.15) is 6.54 Å². The monoisotopic (exact) mass is 402 g/mol. The van der Waals surface area contributed by atoms with Crippen LogP contribution < -0.4 is 21.9 Å². The standard InChI is InChI=1S/C19H22N4O6/c1-2-9-20-18(27)21-15(24)13-29-17(26)12-23-16(25)8-10-22(19(23)28)11-14-6-4-3-5-7-14/h3-8,10H,2,9,11-13H2,1H3,(H2,20,21,24,27). The molecule has 3 amide bonds. The highest BCUT2D eigenvalue weighted by Crippen LogP contribution is 1.99. The number of esters is 1. The quantitative estimate of drug-likeness (QED) is 0.591. The van der Waals surface area contributed by atoms with Gasteiger partial charge in [0.25, 0.3) is 11.5 Å². The number of nitrogens with one attached hydrogen (secondary N) is 2. The Morgan fingerprint density at radius 2 is 1.79 bits per heavy atom. The summed E-state index contributed by atoms with van der Waals surface area (Å²) >= 11 is 0. The van der Waals surface area contributed by atoms with Crippen LogP contribution in [0.25, 0.3) is 0 Å². The molecule has 10 heteroatoms. The van der Waals surface area contributed by atoms with Crippen molar-refractivity contribution in [1.29, 1.82) is 0 Å². The smallest absolute Gasteiger partial charge is 0.331 e. The number of urea groups is 1. The molecule has 2 aromatic rings. The van der Waals surface area contributed by atoms with Crippen LogP contribution >= 0.6 is 0 Å². The van der Waals surface area contributed by atoms with E-state index in [4.69, 9.17) is 4.74 Å². The fourth-order valence-corrected chi connectivity index (χ4v) is 2.37. The molecule has 10 nitrogen and oxygen atoms in total. The van der Waals surface area contributed by atoms with E-state index in [-0.39, 0.29) is 6.54 Å². The Balaban J connectivity index is 1.97. The normalized spacial score (nSPS) is 10.2. The Bertz CT molecular complexity index is 980. The molecule has 0 atom stereocenters. The van der Waals surface area contributed by atoms with Gasteiger partial charge in [-0.15, -0.1) is 0 Å². The van der Waals surface area contributed by atoms with Gasteiger partial charge in [0, 0.05) is 18.8 Å². The second kappa shape index (κ2) is 10.6. The Labute approximate surface area is 166 Å². The highest BCUT2D eigenvalue weighted by Gasteiger charge is 2.14. The van der Waals surface area contributed by atoms with Gasteiger partial charge in [0.05, 0.1) is 6.54 Å². The number of amides is 3. The van der Waals surface area contributed by atoms with Crippen LogP contribution in [0.3, 0.4) is 0 Å². The fraction of sp³-hybridized carbons (Fsp3) is 0.316. The number of hydrogen-bond donors (Lipinski definition) is 2. The number of carbonyl (C=O) groups is 3. The number of carbonyl (C=O) groups excluding carboxylic acids is 3. The topological polar surface area (TPSA) is 128 Å². The first-order valence-corrected chi connectivity index (χ1v) is 8.98. The van der Waals surface area contributed by atoms with Crippen molar-refractivity contribution in [3.05, 3.63) is 69.0 Å². The number of nitrogens with zero attached hydrogens (tertiary/aromatic N) is 2. The molecule has 1 heterocycles. The zero-order valence-electron chi connectivity index (χ0n) is 15.9. The number of imide groups is 1. The summed E-state index contributed by atoms with van der Waals surface area (Å²) in [5.41, 5.74) is -0.498. The Morgan fingerprint density at radius 3 is 2.48 bits per heavy atom. The van der Waals surface area contributed by atoms with Crippen molar-refractivity contribution in [3.8, 4) is 0 Å². The van der Waals surface area contributed by atoms with Crippen molar-refractivity contribution < 1.29 is 19.1 Å². The van der Waals surface area contributed by atoms with Crippen molar-refractivity contribution in [2.24, 2.45) is 0 Å². The molecule has 0 bridgehead atoms. The Kier molecular flexibility index (Phi) is 7.89. The second-order valence-corrected chi connectivity index (χ2v) is 6.10. The van der Waals surface area contributed by atoms with Crippen molar-refractivity contribution in [2.45, 2.75) is 26.4 Å². The molecule has 0 aliphatic carbocycles. The summed E-state index contributed by atoms with van der Waals surface area (Å²) in [6.45, 7) is 1.11. The van der Waals surface area contributed by atoms with Crippen LogP contribution in [0.4, 0.5) is 4.79 Å². The third-order valence-electron chi connectivity index (χ3n) is 3.78. The molecular weight excluding hydrogens is 380 g/mol. The molecule has 2 N–H and O–H groups in total. The van der Waals surface area contributed by atoms with E-state index in [1.807, 2.05) is 42.6 Å². The maximum Gasteiger partial charge on any atom is 0.331 e. The van der Waals surface area contributed by atoms with Gasteiger partial charge < -0.3 is 10.1 Å². The molecule has 0 aliphatic heterocycles. The fourth-order valence-electron chi connectivity index (χ4n) is 2.37. The van der Waals surface area contributed by atoms with Crippen LogP contribution in [-0.2, 0) is 27.4 Å². The number of rotatable bonds is 8. The molecular formula is C19H22N4O6. The molecule has 1 aromatic carbocycles. The highest BCUT2D eigenvalue weighted by molar-refractivity contribution is 5.95. The van der Waals surface area contributed by atoms with E-state index in [0.717, 1.165) is 10.1 Å². The maximum atomic E-state index is 12.5. The third-order valence-corrected chi connectivity index (χ3v) is 3.78. The van der Waals surface area contributed by atoms with Crippen LogP contribution in [0.2, 0.25) is 0 Å². The average molecular weight is 402 g/mol. The summed E-state index contributed by atoms with van der Waals surface area (Å²) in [5.74, 6) is -1.78. The third kappa shape index (κ3) is 6.76. The van der Waals surface area contributed by atoms with Crippen molar-refractivity contribution >= 4 is 17.9 Å². The van der Waals surface area contributed by atoms with Gasteiger partial charge in [-0.1, -0.05) is 37.3 Å². The molecule has 0 unspecified atom stereocenters. The zero-order chi connectivity index (χ0) is 21.2. The zero-order valence-corrected chi connectivity index (χ0v) is 15.9. The van der Waals surface area contributed by atoms with Crippen molar-refractivity contribution in [2.75, 3.05) is 13.2 Å². The lowest BCUT2D eigenvalue weighted by molar-refractivity contribution is -0.149. The minimum atomic E-state index is -0.953. The molecule has 2 rings (SSSR count). The first-order valence-electron chi connectivity index (χ1n) is 8.98. The van der Waals surface area contributed by atoms with Crippen LogP contribution in [-0.4, -0.2) is 40.2 Å². The summed E-state index contributed by atoms with van der Waals surface area (Å²) in [7, 11) is 0. The lowest BCUT2D eigenvalue weighted by atomic mass is 10.2. The number of hydrogen-bond acceptors (Lipinski definition) is 6. The predicted octanol–water partition coefficient (Wildman–Crippen LogP) is -0.163. The SMILES string of the molecule is CCCNC(=O)NC(=O)COC(=O)Cn1c(=O)ccn(Cc2ccccc2)c1=O. The molecule has 0 aliphatic rings. The van der Waals surface area contributed by atoms with Gasteiger partial charge in [-0.3, -0.25) is 24.3 Å². The van der Waals surface area contributed by atoms with E-state index in [1.165, 1.54) is 16.8 Å². The molecule has 29 heavy (non-hydrogen) atoms. The average Bonchev–Trinajstić information content (AvgIpc) is 2.71. The van der Waals surface area contributed by atoms with E-state index >= 15 is 0 Å². The van der Waals surface area contributed by atoms with Gasteiger partial charge >= 0.3 is 17.7 Å². The van der Waals surface area contributed by atoms with Crippen LogP contribution in [0, 0.1) is 0 Å². The van der Waals surface area contributed by atoms with E-state index in [1.54, 1.807) is 0 Å². The number of ether oxygens (including phenoxy) is 1. The summed E-state index contributed by atoms with van der Waals surface area (Å²) in [5, 5.41) is 4.42. The molecule has 0 saturated heterocycles. The van der Waals surface area contributed by atoms with Crippen molar-refractivity contribution in [3.63, 3.8) is 0 Å². The molecule has 154 valence electrons. The minimum Gasteiger partial charge on any atom is -0.454 e. The first-order chi connectivity index (χ1) is 13.9. The van der Waals surface area contributed by atoms with Gasteiger partial charge in [0.2, 0.25) is 0 Å². The summed E-state index contributed by atoms with van der Waals surface area (Å²) < 4.78 is 6.75. The van der Waals surface area contributed by atoms with E-state index in [9.17, 15) is 24.0 Å². The van der Waals surface area contributed by atoms with E-state index in [2.05, 4.69) is 5.32 Å². The lowest BCUT2D eigenvalue weighted by Gasteiger charge is -2.10. The summed E-state index contributed by atoms with van der Waals surface area (Å²) in [4.78, 5) is 59.3. The molecule has 0 radical (unpaired) electrons. The predicted molar refractivity (Wildman–Crippen MR) is 103 cm³/mol. The van der Waals surface area contributed by atoms with Crippen LogP contribution in [0.5, 0.6) is 0 Å². The molecule has 0 saturated carbocycles. The molecule has 1 aromatic heterocycles. The Hall–Kier alpha value is -3.69. The largest absolute Gasteiger partial charge is 0.454 e. The first kappa shape index (κ1) is 21.6. The molecule has 0 fully saturated rings. The lowest BCUT2D eigenvalue weighted by Crippen LogP contribution is -2.43. The summed E-state index contributed by atoms with van der Waals surface area (Å²) in [6.07, 6.45) is 2.05. The van der Waals surface area contributed by atoms with Gasteiger partial charge in [-0.2, -0.15) is 0 Å². The minimum absolute atomic E-state index is 0.226. The van der Waals surface area contributed by atoms with Crippen molar-refractivity contribution in [1.82, 2.24) is 19.8 Å². The van der Waals surface area contributed by atoms with E-state index in [0.29, 0.717) is 13.0 Å². The number of benzene rings is 1. The van der Waals surface area contributed by atoms with Gasteiger partial charge in [0.15, 0.2) is 6.61 Å².